The van der Waals surface area contributed by atoms with E-state index < -0.39 is 5.97 Å². The standard InChI is InChI=1S/C19H18N2O3S2/c1-11-18(26-12(2)20-11)16-10-25-17(21-16)9-15(22)8-13-5-4-6-14(7-13)19(23)24-3/h4-7,10H,8-9H2,1-3H3. The highest BCUT2D eigenvalue weighted by molar-refractivity contribution is 7.16. The van der Waals surface area contributed by atoms with Crippen LogP contribution < -0.4 is 0 Å². The third-order valence-corrected chi connectivity index (χ3v) is 5.73. The Bertz CT molecular complexity index is 959. The van der Waals surface area contributed by atoms with Crippen molar-refractivity contribution in [3.05, 3.63) is 56.5 Å². The molecule has 0 saturated carbocycles. The van der Waals surface area contributed by atoms with E-state index in [9.17, 15) is 9.59 Å². The molecule has 3 aromatic rings. The molecule has 0 N–H and O–H groups in total. The maximum atomic E-state index is 12.4. The zero-order valence-electron chi connectivity index (χ0n) is 14.7. The van der Waals surface area contributed by atoms with Crippen molar-refractivity contribution < 1.29 is 14.3 Å². The minimum absolute atomic E-state index is 0.0603. The summed E-state index contributed by atoms with van der Waals surface area (Å²) >= 11 is 3.10. The Morgan fingerprint density at radius 2 is 1.96 bits per heavy atom. The van der Waals surface area contributed by atoms with Crippen LogP contribution >= 0.6 is 22.7 Å². The molecule has 134 valence electrons. The normalized spacial score (nSPS) is 10.7. The predicted octanol–water partition coefficient (Wildman–Crippen LogP) is 4.02. The second-order valence-corrected chi connectivity index (χ2v) is 8.00. The molecule has 0 aliphatic carbocycles. The molecule has 0 spiro atoms. The number of rotatable bonds is 6. The Hall–Kier alpha value is -2.38. The minimum Gasteiger partial charge on any atom is -0.465 e. The third kappa shape index (κ3) is 4.23. The summed E-state index contributed by atoms with van der Waals surface area (Å²) in [5, 5.41) is 3.77. The van der Waals surface area contributed by atoms with E-state index in [4.69, 9.17) is 4.74 Å². The summed E-state index contributed by atoms with van der Waals surface area (Å²) in [7, 11) is 1.34. The molecule has 3 rings (SSSR count). The van der Waals surface area contributed by atoms with Gasteiger partial charge in [0.15, 0.2) is 0 Å². The predicted molar refractivity (Wildman–Crippen MR) is 103 cm³/mol. The zero-order valence-corrected chi connectivity index (χ0v) is 16.4. The van der Waals surface area contributed by atoms with Crippen LogP contribution in [-0.4, -0.2) is 28.8 Å². The maximum Gasteiger partial charge on any atom is 0.337 e. The van der Waals surface area contributed by atoms with Crippen molar-refractivity contribution in [1.29, 1.82) is 0 Å². The first kappa shape index (κ1) is 18.4. The van der Waals surface area contributed by atoms with Crippen LogP contribution in [0.4, 0.5) is 0 Å². The van der Waals surface area contributed by atoms with Crippen LogP contribution in [0.5, 0.6) is 0 Å². The number of benzene rings is 1. The summed E-state index contributed by atoms with van der Waals surface area (Å²) in [5.74, 6) is -0.343. The number of Topliss-reactive ketones (excluding diaryl/α,β-unsaturated/α-hetero) is 1. The van der Waals surface area contributed by atoms with Crippen LogP contribution in [0.3, 0.4) is 0 Å². The van der Waals surface area contributed by atoms with Gasteiger partial charge in [0.2, 0.25) is 0 Å². The van der Waals surface area contributed by atoms with Gasteiger partial charge in [-0.05, 0) is 31.5 Å². The topological polar surface area (TPSA) is 69.2 Å². The van der Waals surface area contributed by atoms with Crippen LogP contribution in [0.1, 0.15) is 31.6 Å². The van der Waals surface area contributed by atoms with E-state index >= 15 is 0 Å². The molecule has 0 fully saturated rings. The fourth-order valence-corrected chi connectivity index (χ4v) is 4.42. The molecule has 0 aliphatic rings. The van der Waals surface area contributed by atoms with Gasteiger partial charge in [0.25, 0.3) is 0 Å². The lowest BCUT2D eigenvalue weighted by molar-refractivity contribution is -0.117. The van der Waals surface area contributed by atoms with E-state index in [1.54, 1.807) is 29.5 Å². The number of esters is 1. The second kappa shape index (κ2) is 7.88. The number of hydrogen-bond acceptors (Lipinski definition) is 7. The van der Waals surface area contributed by atoms with E-state index in [-0.39, 0.29) is 18.6 Å². The van der Waals surface area contributed by atoms with Crippen molar-refractivity contribution in [3.63, 3.8) is 0 Å². The van der Waals surface area contributed by atoms with Crippen LogP contribution in [0.25, 0.3) is 10.6 Å². The van der Waals surface area contributed by atoms with Gasteiger partial charge >= 0.3 is 5.97 Å². The quantitative estimate of drug-likeness (QED) is 0.599. The molecular formula is C19H18N2O3S2. The van der Waals surface area contributed by atoms with Gasteiger partial charge < -0.3 is 4.74 Å². The molecule has 0 radical (unpaired) electrons. The Balaban J connectivity index is 1.68. The van der Waals surface area contributed by atoms with Crippen molar-refractivity contribution >= 4 is 34.4 Å². The molecule has 0 amide bonds. The lowest BCUT2D eigenvalue weighted by atomic mass is 10.0. The molecule has 0 atom stereocenters. The zero-order chi connectivity index (χ0) is 18.7. The number of carbonyl (C=O) groups is 2. The van der Waals surface area contributed by atoms with Crippen LogP contribution in [0.2, 0.25) is 0 Å². The average molecular weight is 386 g/mol. The molecular weight excluding hydrogens is 368 g/mol. The summed E-state index contributed by atoms with van der Waals surface area (Å²) in [5.41, 5.74) is 3.10. The van der Waals surface area contributed by atoms with Crippen molar-refractivity contribution in [3.8, 4) is 10.6 Å². The number of ether oxygens (including phenoxy) is 1. The van der Waals surface area contributed by atoms with Gasteiger partial charge in [0.1, 0.15) is 10.8 Å². The van der Waals surface area contributed by atoms with Gasteiger partial charge in [0, 0.05) is 11.8 Å². The molecule has 0 aliphatic heterocycles. The number of carbonyl (C=O) groups excluding carboxylic acids is 2. The molecule has 5 nitrogen and oxygen atoms in total. The highest BCUT2D eigenvalue weighted by Gasteiger charge is 2.14. The van der Waals surface area contributed by atoms with Gasteiger partial charge in [-0.2, -0.15) is 0 Å². The van der Waals surface area contributed by atoms with E-state index in [1.807, 2.05) is 25.3 Å². The van der Waals surface area contributed by atoms with E-state index in [0.29, 0.717) is 5.56 Å². The van der Waals surface area contributed by atoms with Gasteiger partial charge in [-0.3, -0.25) is 4.79 Å². The molecule has 0 unspecified atom stereocenters. The molecule has 7 heteroatoms. The summed E-state index contributed by atoms with van der Waals surface area (Å²) in [6, 6.07) is 6.96. The van der Waals surface area contributed by atoms with Gasteiger partial charge in [-0.25, -0.2) is 14.8 Å². The number of aromatic nitrogens is 2. The van der Waals surface area contributed by atoms with Gasteiger partial charge in [-0.1, -0.05) is 12.1 Å². The van der Waals surface area contributed by atoms with Gasteiger partial charge in [-0.15, -0.1) is 22.7 Å². The van der Waals surface area contributed by atoms with Crippen LogP contribution in [0.15, 0.2) is 29.6 Å². The summed E-state index contributed by atoms with van der Waals surface area (Å²) in [6.07, 6.45) is 0.544. The number of hydrogen-bond donors (Lipinski definition) is 0. The number of aryl methyl sites for hydroxylation is 2. The monoisotopic (exact) mass is 386 g/mol. The molecule has 2 aromatic heterocycles. The number of nitrogens with zero attached hydrogens (tertiary/aromatic N) is 2. The largest absolute Gasteiger partial charge is 0.465 e. The third-order valence-electron chi connectivity index (χ3n) is 3.79. The Labute approximate surface area is 159 Å². The van der Waals surface area contributed by atoms with Crippen molar-refractivity contribution in [2.24, 2.45) is 0 Å². The van der Waals surface area contributed by atoms with Crippen molar-refractivity contribution in [2.45, 2.75) is 26.7 Å². The SMILES string of the molecule is COC(=O)c1cccc(CC(=O)Cc2nc(-c3sc(C)nc3C)cs2)c1. The number of thiazole rings is 2. The number of ketones is 1. The highest BCUT2D eigenvalue weighted by Crippen LogP contribution is 2.30. The lowest BCUT2D eigenvalue weighted by Crippen LogP contribution is -2.08. The first-order chi connectivity index (χ1) is 12.5. The second-order valence-electron chi connectivity index (χ2n) is 5.86. The van der Waals surface area contributed by atoms with Crippen molar-refractivity contribution in [2.75, 3.05) is 7.11 Å². The number of methoxy groups -OCH3 is 1. The van der Waals surface area contributed by atoms with Crippen LogP contribution in [0, 0.1) is 13.8 Å². The molecule has 26 heavy (non-hydrogen) atoms. The highest BCUT2D eigenvalue weighted by atomic mass is 32.1. The molecule has 0 saturated heterocycles. The fraction of sp³-hybridized carbons (Fsp3) is 0.263. The lowest BCUT2D eigenvalue weighted by Gasteiger charge is -2.03. The van der Waals surface area contributed by atoms with Crippen LogP contribution in [-0.2, 0) is 22.4 Å². The first-order valence-electron chi connectivity index (χ1n) is 8.04. The maximum absolute atomic E-state index is 12.4. The smallest absolute Gasteiger partial charge is 0.337 e. The summed E-state index contributed by atoms with van der Waals surface area (Å²) in [4.78, 5) is 34.0. The Kier molecular flexibility index (Phi) is 5.58. The average Bonchev–Trinajstić information content (AvgIpc) is 3.19. The Morgan fingerprint density at radius 3 is 2.65 bits per heavy atom. The summed E-state index contributed by atoms with van der Waals surface area (Å²) in [6.45, 7) is 3.94. The molecule has 1 aromatic carbocycles. The van der Waals surface area contributed by atoms with Gasteiger partial charge in [0.05, 0.1) is 40.4 Å². The van der Waals surface area contributed by atoms with E-state index in [1.165, 1.54) is 18.4 Å². The fourth-order valence-electron chi connectivity index (χ4n) is 2.65. The first-order valence-corrected chi connectivity index (χ1v) is 9.73. The Morgan fingerprint density at radius 1 is 1.15 bits per heavy atom. The van der Waals surface area contributed by atoms with E-state index in [2.05, 4.69) is 9.97 Å². The van der Waals surface area contributed by atoms with E-state index in [0.717, 1.165) is 31.8 Å². The molecule has 2 heterocycles. The summed E-state index contributed by atoms with van der Waals surface area (Å²) < 4.78 is 4.71. The van der Waals surface area contributed by atoms with Crippen molar-refractivity contribution in [1.82, 2.24) is 9.97 Å². The molecule has 0 bridgehead atoms. The minimum atomic E-state index is -0.404.